The van der Waals surface area contributed by atoms with Gasteiger partial charge in [0, 0.05) is 25.0 Å². The molecule has 3 rings (SSSR count). The van der Waals surface area contributed by atoms with E-state index in [1.165, 1.54) is 0 Å². The Bertz CT molecular complexity index is 812. The molecule has 0 radical (unpaired) electrons. The van der Waals surface area contributed by atoms with Crippen molar-refractivity contribution >= 4 is 17.0 Å². The first-order valence-electron chi connectivity index (χ1n) is 6.48. The van der Waals surface area contributed by atoms with E-state index in [1.54, 1.807) is 31.0 Å². The fraction of sp³-hybridized carbons (Fsp3) is 0.214. The number of esters is 1. The molecule has 0 aliphatic carbocycles. The van der Waals surface area contributed by atoms with Crippen molar-refractivity contribution in [1.82, 2.24) is 24.7 Å². The largest absolute Gasteiger partial charge is 0.460 e. The molecule has 2 heterocycles. The Hall–Kier alpha value is -2.83. The average Bonchev–Trinajstić information content (AvgIpc) is 2.89. The Labute approximate surface area is 120 Å². The quantitative estimate of drug-likeness (QED) is 0.679. The van der Waals surface area contributed by atoms with Crippen molar-refractivity contribution in [2.24, 2.45) is 7.05 Å². The van der Waals surface area contributed by atoms with Crippen LogP contribution in [-0.4, -0.2) is 37.3 Å². The predicted molar refractivity (Wildman–Crippen MR) is 75.5 cm³/mol. The van der Waals surface area contributed by atoms with Crippen molar-refractivity contribution in [1.29, 1.82) is 0 Å². The second kappa shape index (κ2) is 5.28. The summed E-state index contributed by atoms with van der Waals surface area (Å²) in [7, 11) is 1.73. The molecule has 0 bridgehead atoms. The highest BCUT2D eigenvalue weighted by molar-refractivity contribution is 5.86. The van der Waals surface area contributed by atoms with Gasteiger partial charge in [0.1, 0.15) is 0 Å². The van der Waals surface area contributed by atoms with E-state index in [2.05, 4.69) is 20.1 Å². The van der Waals surface area contributed by atoms with Crippen LogP contribution in [0, 0.1) is 0 Å². The molecular weight excluding hydrogens is 270 g/mol. The minimum absolute atomic E-state index is 0.0496. The lowest BCUT2D eigenvalue weighted by Gasteiger charge is -2.01. The highest BCUT2D eigenvalue weighted by Gasteiger charge is 2.17. The highest BCUT2D eigenvalue weighted by Crippen LogP contribution is 2.20. The van der Waals surface area contributed by atoms with Crippen LogP contribution in [-0.2, 0) is 11.8 Å². The Morgan fingerprint density at radius 2 is 2.00 bits per heavy atom. The van der Waals surface area contributed by atoms with E-state index in [4.69, 9.17) is 4.74 Å². The lowest BCUT2D eigenvalue weighted by atomic mass is 10.2. The maximum absolute atomic E-state index is 11.7. The van der Waals surface area contributed by atoms with Gasteiger partial charge in [0.25, 0.3) is 5.82 Å². The molecule has 0 atom stereocenters. The zero-order valence-electron chi connectivity index (χ0n) is 11.6. The number of carbonyl (C=O) groups excluding carboxylic acids is 1. The van der Waals surface area contributed by atoms with Gasteiger partial charge in [0.05, 0.1) is 17.6 Å². The number of carbonyl (C=O) groups is 1. The van der Waals surface area contributed by atoms with Gasteiger partial charge < -0.3 is 4.74 Å². The molecule has 2 aromatic heterocycles. The fourth-order valence-electron chi connectivity index (χ4n) is 2.02. The molecular formula is C14H13N5O2. The number of hydrogen-bond acceptors (Lipinski definition) is 6. The predicted octanol–water partition coefficient (Wildman–Crippen LogP) is 1.60. The van der Waals surface area contributed by atoms with E-state index in [1.807, 2.05) is 18.2 Å². The van der Waals surface area contributed by atoms with Crippen molar-refractivity contribution in [2.75, 3.05) is 6.61 Å². The number of hydrogen-bond donors (Lipinski definition) is 0. The topological polar surface area (TPSA) is 82.8 Å². The molecule has 0 spiro atoms. The number of fused-ring (bicyclic) bond motifs is 1. The zero-order valence-corrected chi connectivity index (χ0v) is 11.6. The van der Waals surface area contributed by atoms with Crippen LogP contribution in [0.5, 0.6) is 0 Å². The summed E-state index contributed by atoms with van der Waals surface area (Å²) < 4.78 is 6.45. The number of ether oxygens (including phenoxy) is 1. The number of nitrogens with zero attached hydrogens (tertiary/aromatic N) is 5. The first-order valence-corrected chi connectivity index (χ1v) is 6.48. The van der Waals surface area contributed by atoms with Crippen LogP contribution < -0.4 is 0 Å². The molecule has 0 N–H and O–H groups in total. The second-order valence-electron chi connectivity index (χ2n) is 4.36. The molecule has 3 aromatic rings. The van der Waals surface area contributed by atoms with Gasteiger partial charge in [-0.1, -0.05) is 0 Å². The molecule has 7 nitrogen and oxygen atoms in total. The zero-order chi connectivity index (χ0) is 14.8. The van der Waals surface area contributed by atoms with Crippen LogP contribution >= 0.6 is 0 Å². The first kappa shape index (κ1) is 13.2. The van der Waals surface area contributed by atoms with E-state index in [0.29, 0.717) is 5.82 Å². The van der Waals surface area contributed by atoms with Crippen molar-refractivity contribution < 1.29 is 9.53 Å². The summed E-state index contributed by atoms with van der Waals surface area (Å²) in [5.74, 6) is 0.0964. The number of aromatic nitrogens is 5. The summed E-state index contributed by atoms with van der Waals surface area (Å²) >= 11 is 0. The second-order valence-corrected chi connectivity index (χ2v) is 4.36. The van der Waals surface area contributed by atoms with Gasteiger partial charge >= 0.3 is 5.97 Å². The van der Waals surface area contributed by atoms with Crippen molar-refractivity contribution in [2.45, 2.75) is 6.92 Å². The van der Waals surface area contributed by atoms with Crippen LogP contribution in [0.4, 0.5) is 0 Å². The molecule has 0 amide bonds. The summed E-state index contributed by atoms with van der Waals surface area (Å²) in [5, 5.41) is 4.08. The van der Waals surface area contributed by atoms with Crippen LogP contribution in [0.3, 0.4) is 0 Å². The summed E-state index contributed by atoms with van der Waals surface area (Å²) in [6, 6.07) is 5.59. The van der Waals surface area contributed by atoms with Crippen molar-refractivity contribution in [3.05, 3.63) is 36.4 Å². The molecule has 0 aliphatic heterocycles. The third kappa shape index (κ3) is 2.45. The number of aryl methyl sites for hydroxylation is 1. The van der Waals surface area contributed by atoms with E-state index >= 15 is 0 Å². The standard InChI is InChI=1S/C14H13N5O2/c1-3-21-14(20)12-17-13(19(2)18-12)9-4-5-10-11(8-9)16-7-6-15-10/h4-8H,3H2,1-2H3. The van der Waals surface area contributed by atoms with Crippen molar-refractivity contribution in [3.63, 3.8) is 0 Å². The van der Waals surface area contributed by atoms with Crippen LogP contribution in [0.15, 0.2) is 30.6 Å². The molecule has 0 fully saturated rings. The normalized spacial score (nSPS) is 10.8. The van der Waals surface area contributed by atoms with E-state index in [0.717, 1.165) is 16.6 Å². The van der Waals surface area contributed by atoms with E-state index in [-0.39, 0.29) is 12.4 Å². The lowest BCUT2D eigenvalue weighted by Crippen LogP contribution is -2.07. The molecule has 0 saturated heterocycles. The van der Waals surface area contributed by atoms with Crippen LogP contribution in [0.25, 0.3) is 22.4 Å². The van der Waals surface area contributed by atoms with Gasteiger partial charge in [-0.15, -0.1) is 5.10 Å². The summed E-state index contributed by atoms with van der Waals surface area (Å²) in [4.78, 5) is 24.4. The fourth-order valence-corrected chi connectivity index (χ4v) is 2.02. The maximum atomic E-state index is 11.7. The van der Waals surface area contributed by atoms with Gasteiger partial charge in [-0.05, 0) is 25.1 Å². The van der Waals surface area contributed by atoms with Crippen LogP contribution in [0.2, 0.25) is 0 Å². The Kier molecular flexibility index (Phi) is 3.31. The Balaban J connectivity index is 2.04. The average molecular weight is 283 g/mol. The summed E-state index contributed by atoms with van der Waals surface area (Å²) in [5.41, 5.74) is 2.37. The lowest BCUT2D eigenvalue weighted by molar-refractivity contribution is 0.0512. The molecule has 0 unspecified atom stereocenters. The Morgan fingerprint density at radius 1 is 1.24 bits per heavy atom. The highest BCUT2D eigenvalue weighted by atomic mass is 16.5. The monoisotopic (exact) mass is 283 g/mol. The van der Waals surface area contributed by atoms with Gasteiger partial charge in [-0.25, -0.2) is 14.5 Å². The van der Waals surface area contributed by atoms with Gasteiger partial charge in [0.2, 0.25) is 0 Å². The first-order chi connectivity index (χ1) is 10.2. The third-order valence-corrected chi connectivity index (χ3v) is 2.95. The molecule has 106 valence electrons. The maximum Gasteiger partial charge on any atom is 0.378 e. The molecule has 1 aromatic carbocycles. The molecule has 21 heavy (non-hydrogen) atoms. The minimum atomic E-state index is -0.528. The van der Waals surface area contributed by atoms with Gasteiger partial charge in [-0.2, -0.15) is 0 Å². The van der Waals surface area contributed by atoms with E-state index < -0.39 is 5.97 Å². The number of benzene rings is 1. The van der Waals surface area contributed by atoms with Crippen LogP contribution in [0.1, 0.15) is 17.5 Å². The molecule has 0 saturated carbocycles. The third-order valence-electron chi connectivity index (χ3n) is 2.95. The smallest absolute Gasteiger partial charge is 0.378 e. The number of rotatable bonds is 3. The summed E-state index contributed by atoms with van der Waals surface area (Å²) in [6.07, 6.45) is 3.27. The SMILES string of the molecule is CCOC(=O)c1nc(-c2ccc3nccnc3c2)n(C)n1. The molecule has 0 aliphatic rings. The minimum Gasteiger partial charge on any atom is -0.460 e. The molecule has 7 heteroatoms. The van der Waals surface area contributed by atoms with Gasteiger partial charge in [0.15, 0.2) is 5.82 Å². The van der Waals surface area contributed by atoms with Crippen molar-refractivity contribution in [3.8, 4) is 11.4 Å². The Morgan fingerprint density at radius 3 is 2.76 bits per heavy atom. The van der Waals surface area contributed by atoms with Gasteiger partial charge in [-0.3, -0.25) is 9.97 Å². The van der Waals surface area contributed by atoms with E-state index in [9.17, 15) is 4.79 Å². The summed E-state index contributed by atoms with van der Waals surface area (Å²) in [6.45, 7) is 2.03.